The molecular formula is C12H20N2O2. The fourth-order valence-corrected chi connectivity index (χ4v) is 2.34. The highest BCUT2D eigenvalue weighted by Gasteiger charge is 2.34. The van der Waals surface area contributed by atoms with Crippen LogP contribution in [-0.2, 0) is 9.59 Å². The van der Waals surface area contributed by atoms with E-state index in [0.717, 1.165) is 12.8 Å². The van der Waals surface area contributed by atoms with Crippen molar-refractivity contribution in [1.82, 2.24) is 10.2 Å². The molecule has 1 atom stereocenters. The summed E-state index contributed by atoms with van der Waals surface area (Å²) >= 11 is 0. The zero-order valence-electron chi connectivity index (χ0n) is 9.87. The topological polar surface area (TPSA) is 49.4 Å². The van der Waals surface area contributed by atoms with Gasteiger partial charge in [-0.05, 0) is 38.6 Å². The molecule has 90 valence electrons. The van der Waals surface area contributed by atoms with Gasteiger partial charge in [0.2, 0.25) is 11.8 Å². The van der Waals surface area contributed by atoms with Gasteiger partial charge in [-0.25, -0.2) is 0 Å². The number of imide groups is 1. The van der Waals surface area contributed by atoms with E-state index < -0.39 is 0 Å². The molecule has 1 saturated carbocycles. The molecule has 2 rings (SSSR count). The molecule has 16 heavy (non-hydrogen) atoms. The molecule has 1 N–H and O–H groups in total. The van der Waals surface area contributed by atoms with Gasteiger partial charge < -0.3 is 5.32 Å². The van der Waals surface area contributed by atoms with Crippen molar-refractivity contribution in [3.8, 4) is 0 Å². The normalized spacial score (nSPS) is 24.4. The van der Waals surface area contributed by atoms with Gasteiger partial charge in [-0.1, -0.05) is 0 Å². The lowest BCUT2D eigenvalue weighted by Gasteiger charge is -2.24. The Balaban J connectivity index is 1.98. The van der Waals surface area contributed by atoms with Crippen molar-refractivity contribution in [2.75, 3.05) is 13.6 Å². The molecule has 0 spiro atoms. The number of carbonyl (C=O) groups excluding carboxylic acids is 2. The summed E-state index contributed by atoms with van der Waals surface area (Å²) in [7, 11) is 1.91. The number of rotatable bonds is 4. The molecule has 1 unspecified atom stereocenters. The third kappa shape index (κ3) is 2.61. The number of nitrogens with zero attached hydrogens (tertiary/aromatic N) is 1. The molecule has 1 aliphatic heterocycles. The van der Waals surface area contributed by atoms with Crippen LogP contribution in [-0.4, -0.2) is 36.3 Å². The predicted octanol–water partition coefficient (Wildman–Crippen LogP) is 0.914. The largest absolute Gasteiger partial charge is 0.315 e. The van der Waals surface area contributed by atoms with E-state index in [4.69, 9.17) is 0 Å². The van der Waals surface area contributed by atoms with Crippen LogP contribution in [0, 0.1) is 5.92 Å². The van der Waals surface area contributed by atoms with Crippen LogP contribution < -0.4 is 5.32 Å². The minimum atomic E-state index is 0.0170. The van der Waals surface area contributed by atoms with Crippen LogP contribution in [0.3, 0.4) is 0 Å². The zero-order valence-corrected chi connectivity index (χ0v) is 9.87. The average molecular weight is 224 g/mol. The summed E-state index contributed by atoms with van der Waals surface area (Å²) in [6, 6.07) is 0.297. The van der Waals surface area contributed by atoms with Crippen molar-refractivity contribution >= 4 is 11.8 Å². The van der Waals surface area contributed by atoms with E-state index in [1.807, 2.05) is 7.05 Å². The number of likely N-dealkylation sites (tertiary alicyclic amines) is 1. The van der Waals surface area contributed by atoms with Gasteiger partial charge in [0.1, 0.15) is 0 Å². The highest BCUT2D eigenvalue weighted by Crippen LogP contribution is 2.33. The van der Waals surface area contributed by atoms with Crippen molar-refractivity contribution < 1.29 is 9.59 Å². The van der Waals surface area contributed by atoms with Gasteiger partial charge in [-0.2, -0.15) is 0 Å². The first-order valence-electron chi connectivity index (χ1n) is 6.23. The van der Waals surface area contributed by atoms with Crippen LogP contribution in [0.5, 0.6) is 0 Å². The molecule has 2 fully saturated rings. The molecule has 4 nitrogen and oxygen atoms in total. The van der Waals surface area contributed by atoms with Crippen LogP contribution in [0.15, 0.2) is 0 Å². The number of hydrogen-bond donors (Lipinski definition) is 1. The summed E-state index contributed by atoms with van der Waals surface area (Å²) in [6.45, 7) is 0.568. The molecule has 0 aromatic carbocycles. The van der Waals surface area contributed by atoms with Crippen LogP contribution in [0.1, 0.15) is 38.5 Å². The molecule has 1 heterocycles. The molecule has 0 bridgehead atoms. The second-order valence-corrected chi connectivity index (χ2v) is 4.84. The lowest BCUT2D eigenvalue weighted by Crippen LogP contribution is -2.45. The smallest absolute Gasteiger partial charge is 0.229 e. The van der Waals surface area contributed by atoms with E-state index in [9.17, 15) is 9.59 Å². The number of carbonyl (C=O) groups is 2. The van der Waals surface area contributed by atoms with Crippen LogP contribution in [0.2, 0.25) is 0 Å². The Morgan fingerprint density at radius 1 is 1.25 bits per heavy atom. The van der Waals surface area contributed by atoms with E-state index in [2.05, 4.69) is 5.32 Å². The molecule has 2 aliphatic rings. The van der Waals surface area contributed by atoms with Crippen LogP contribution >= 0.6 is 0 Å². The minimum Gasteiger partial charge on any atom is -0.315 e. The van der Waals surface area contributed by atoms with Crippen molar-refractivity contribution in [2.45, 2.75) is 44.6 Å². The maximum absolute atomic E-state index is 11.8. The Kier molecular flexibility index (Phi) is 3.59. The first-order valence-corrected chi connectivity index (χ1v) is 6.23. The monoisotopic (exact) mass is 224 g/mol. The average Bonchev–Trinajstić information content (AvgIpc) is 3.08. The van der Waals surface area contributed by atoms with Gasteiger partial charge in [0, 0.05) is 25.4 Å². The molecule has 1 saturated heterocycles. The second-order valence-electron chi connectivity index (χ2n) is 4.84. The summed E-state index contributed by atoms with van der Waals surface area (Å²) in [5.41, 5.74) is 0. The summed E-state index contributed by atoms with van der Waals surface area (Å²) < 4.78 is 0. The fourth-order valence-electron chi connectivity index (χ4n) is 2.34. The minimum absolute atomic E-state index is 0.0170. The molecule has 1 aliphatic carbocycles. The van der Waals surface area contributed by atoms with E-state index in [0.29, 0.717) is 31.3 Å². The fraction of sp³-hybridized carbons (Fsp3) is 0.833. The third-order valence-corrected chi connectivity index (χ3v) is 3.57. The highest BCUT2D eigenvalue weighted by molar-refractivity contribution is 5.96. The number of hydrogen-bond acceptors (Lipinski definition) is 3. The van der Waals surface area contributed by atoms with Crippen molar-refractivity contribution in [3.05, 3.63) is 0 Å². The molecule has 4 heteroatoms. The SMILES string of the molecule is CNC(CN1C(=O)CCCCC1=O)C1CC1. The van der Waals surface area contributed by atoms with Crippen molar-refractivity contribution in [2.24, 2.45) is 5.92 Å². The lowest BCUT2D eigenvalue weighted by atomic mass is 10.1. The first kappa shape index (κ1) is 11.6. The molecule has 0 radical (unpaired) electrons. The summed E-state index contributed by atoms with van der Waals surface area (Å²) in [6.07, 6.45) is 5.23. The maximum atomic E-state index is 11.8. The van der Waals surface area contributed by atoms with Crippen LogP contribution in [0.4, 0.5) is 0 Å². The standard InChI is InChI=1S/C12H20N2O2/c1-13-10(9-6-7-9)8-14-11(15)4-2-3-5-12(14)16/h9-10,13H,2-8H2,1H3. The van der Waals surface area contributed by atoms with E-state index >= 15 is 0 Å². The van der Waals surface area contributed by atoms with Gasteiger partial charge in [-0.15, -0.1) is 0 Å². The molecule has 2 amide bonds. The number of nitrogens with one attached hydrogen (secondary N) is 1. The Labute approximate surface area is 96.4 Å². The Hall–Kier alpha value is -0.900. The van der Waals surface area contributed by atoms with Gasteiger partial charge >= 0.3 is 0 Å². The van der Waals surface area contributed by atoms with Gasteiger partial charge in [-0.3, -0.25) is 14.5 Å². The number of amides is 2. The molecule has 0 aromatic heterocycles. The number of likely N-dealkylation sites (N-methyl/N-ethyl adjacent to an activating group) is 1. The van der Waals surface area contributed by atoms with Gasteiger partial charge in [0.25, 0.3) is 0 Å². The van der Waals surface area contributed by atoms with Crippen molar-refractivity contribution in [3.63, 3.8) is 0 Å². The quantitative estimate of drug-likeness (QED) is 0.722. The maximum Gasteiger partial charge on any atom is 0.229 e. The highest BCUT2D eigenvalue weighted by atomic mass is 16.2. The van der Waals surface area contributed by atoms with E-state index in [-0.39, 0.29) is 11.8 Å². The summed E-state index contributed by atoms with van der Waals surface area (Å²) in [5.74, 6) is 0.695. The third-order valence-electron chi connectivity index (χ3n) is 3.57. The predicted molar refractivity (Wildman–Crippen MR) is 60.8 cm³/mol. The molecule has 0 aromatic rings. The summed E-state index contributed by atoms with van der Waals surface area (Å²) in [4.78, 5) is 25.1. The summed E-state index contributed by atoms with van der Waals surface area (Å²) in [5, 5.41) is 3.23. The van der Waals surface area contributed by atoms with Gasteiger partial charge in [0.15, 0.2) is 0 Å². The van der Waals surface area contributed by atoms with E-state index in [1.165, 1.54) is 17.7 Å². The van der Waals surface area contributed by atoms with Crippen molar-refractivity contribution in [1.29, 1.82) is 0 Å². The van der Waals surface area contributed by atoms with Gasteiger partial charge in [0.05, 0.1) is 0 Å². The van der Waals surface area contributed by atoms with E-state index in [1.54, 1.807) is 0 Å². The lowest BCUT2D eigenvalue weighted by molar-refractivity contribution is -0.144. The Morgan fingerprint density at radius 3 is 2.25 bits per heavy atom. The molecular weight excluding hydrogens is 204 g/mol. The van der Waals surface area contributed by atoms with Crippen LogP contribution in [0.25, 0.3) is 0 Å². The first-order chi connectivity index (χ1) is 7.72. The zero-order chi connectivity index (χ0) is 11.5. The Morgan fingerprint density at radius 2 is 1.81 bits per heavy atom. The second kappa shape index (κ2) is 4.95. The Bertz CT molecular complexity index is 269.